The normalized spacial score (nSPS) is 30.9. The van der Waals surface area contributed by atoms with E-state index in [9.17, 15) is 24.3 Å². The Labute approximate surface area is 307 Å². The maximum absolute atomic E-state index is 14.9. The minimum absolute atomic E-state index is 0.0588. The number of cyclic esters (lactones) is 1. The number of fused-ring (bicyclic) bond motifs is 2. The van der Waals surface area contributed by atoms with Crippen molar-refractivity contribution in [3.8, 4) is 0 Å². The maximum Gasteiger partial charge on any atom is 0.313 e. The minimum atomic E-state index is -1.49. The quantitative estimate of drug-likeness (QED) is 0.276. The van der Waals surface area contributed by atoms with Crippen LogP contribution in [0.25, 0.3) is 0 Å². The van der Waals surface area contributed by atoms with Gasteiger partial charge in [-0.05, 0) is 36.5 Å². The molecule has 4 heterocycles. The number of nitrogens with one attached hydrogen (secondary N) is 1. The van der Waals surface area contributed by atoms with Gasteiger partial charge in [-0.15, -0.1) is 0 Å². The summed E-state index contributed by atoms with van der Waals surface area (Å²) < 4.78 is 19.1. The summed E-state index contributed by atoms with van der Waals surface area (Å²) in [6.07, 6.45) is 6.15. The zero-order valence-electron chi connectivity index (χ0n) is 29.0. The summed E-state index contributed by atoms with van der Waals surface area (Å²) in [7, 11) is 1.51. The molecule has 8 atom stereocenters. The van der Waals surface area contributed by atoms with Gasteiger partial charge >= 0.3 is 5.97 Å². The summed E-state index contributed by atoms with van der Waals surface area (Å²) in [5, 5.41) is 13.9. The van der Waals surface area contributed by atoms with Crippen LogP contribution in [0.2, 0.25) is 0 Å². The van der Waals surface area contributed by atoms with Gasteiger partial charge in [0.15, 0.2) is 0 Å². The number of amides is 3. The average molecular weight is 765 g/mol. The van der Waals surface area contributed by atoms with Gasteiger partial charge < -0.3 is 34.4 Å². The number of ether oxygens (including phenoxy) is 3. The predicted octanol–water partition coefficient (Wildman–Crippen LogP) is 3.86. The van der Waals surface area contributed by atoms with E-state index in [0.29, 0.717) is 29.4 Å². The monoisotopic (exact) mass is 763 g/mol. The smallest absolute Gasteiger partial charge is 0.313 e. The van der Waals surface area contributed by atoms with Crippen molar-refractivity contribution in [1.29, 1.82) is 0 Å². The number of aliphatic hydroxyl groups excluding tert-OH is 1. The molecule has 0 unspecified atom stereocenters. The zero-order chi connectivity index (χ0) is 36.1. The average Bonchev–Trinajstić information content (AvgIpc) is 3.73. The van der Waals surface area contributed by atoms with E-state index >= 15 is 0 Å². The molecule has 2 aromatic rings. The van der Waals surface area contributed by atoms with Crippen LogP contribution >= 0.6 is 15.9 Å². The maximum atomic E-state index is 14.9. The Bertz CT molecular complexity index is 1640. The largest absolute Gasteiger partial charge is 0.455 e. The molecule has 12 heteroatoms. The molecule has 51 heavy (non-hydrogen) atoms. The van der Waals surface area contributed by atoms with E-state index in [0.717, 1.165) is 18.4 Å². The summed E-state index contributed by atoms with van der Waals surface area (Å²) in [6.45, 7) is 2.38. The summed E-state index contributed by atoms with van der Waals surface area (Å²) >= 11 is 3.62. The van der Waals surface area contributed by atoms with Gasteiger partial charge in [0.05, 0.1) is 31.2 Å². The molecule has 0 aromatic heterocycles. The second-order valence-electron chi connectivity index (χ2n) is 13.6. The molecule has 0 aliphatic carbocycles. The standard InChI is InChI=1S/C39H46BrN3O8/c1-3-4-19-42-20-13-7-12-18-30(45)41-29(24-49-2)33(26-16-10-6-11-17-26)50-38(48)31-32-36(46)43(27(23-44)21-25-14-8-5-9-15-25)35(37(42)47)39(32)22-28(40)34(31)51-39/h5-11,13-17,22,27,29,31-35,44H,3-4,12,18-21,23-24H2,1-2H3,(H,41,45)/b13-7-/t27-,29-,31+,32-,33-,34+,35+,39-/m1/s1. The third-order valence-electron chi connectivity index (χ3n) is 10.3. The Morgan fingerprint density at radius 2 is 1.75 bits per heavy atom. The number of allylic oxidation sites excluding steroid dienone is 1. The molecule has 5 bridgehead atoms. The van der Waals surface area contributed by atoms with Crippen molar-refractivity contribution in [2.45, 2.75) is 75.0 Å². The van der Waals surface area contributed by atoms with Crippen molar-refractivity contribution in [2.24, 2.45) is 11.8 Å². The van der Waals surface area contributed by atoms with E-state index in [4.69, 9.17) is 14.2 Å². The van der Waals surface area contributed by atoms with Crippen LogP contribution in [0.3, 0.4) is 0 Å². The van der Waals surface area contributed by atoms with Crippen LogP contribution in [-0.2, 0) is 39.8 Å². The van der Waals surface area contributed by atoms with E-state index in [2.05, 4.69) is 21.2 Å². The van der Waals surface area contributed by atoms with Gasteiger partial charge in [0.2, 0.25) is 17.7 Å². The predicted molar refractivity (Wildman–Crippen MR) is 192 cm³/mol. The Hall–Kier alpha value is -3.84. The van der Waals surface area contributed by atoms with Gasteiger partial charge in [-0.2, -0.15) is 0 Å². The highest BCUT2D eigenvalue weighted by atomic mass is 79.9. The second-order valence-corrected chi connectivity index (χ2v) is 14.6. The summed E-state index contributed by atoms with van der Waals surface area (Å²) in [5.41, 5.74) is 0.0393. The van der Waals surface area contributed by atoms with Gasteiger partial charge in [0, 0.05) is 31.1 Å². The van der Waals surface area contributed by atoms with Gasteiger partial charge in [-0.3, -0.25) is 19.2 Å². The molecule has 4 aliphatic rings. The molecule has 2 N–H and O–H groups in total. The number of benzene rings is 2. The van der Waals surface area contributed by atoms with E-state index in [1.807, 2.05) is 79.7 Å². The summed E-state index contributed by atoms with van der Waals surface area (Å²) in [6, 6.07) is 15.9. The van der Waals surface area contributed by atoms with Crippen LogP contribution in [0.4, 0.5) is 0 Å². The Morgan fingerprint density at radius 3 is 2.43 bits per heavy atom. The highest BCUT2D eigenvalue weighted by Gasteiger charge is 2.75. The molecule has 1 spiro atoms. The molecule has 272 valence electrons. The molecule has 3 amide bonds. The lowest BCUT2D eigenvalue weighted by Gasteiger charge is -2.38. The third kappa shape index (κ3) is 7.28. The second kappa shape index (κ2) is 16.2. The van der Waals surface area contributed by atoms with Crippen LogP contribution in [0.15, 0.2) is 83.4 Å². The van der Waals surface area contributed by atoms with Crippen molar-refractivity contribution in [3.63, 3.8) is 0 Å². The highest BCUT2D eigenvalue weighted by molar-refractivity contribution is 9.11. The van der Waals surface area contributed by atoms with Crippen molar-refractivity contribution in [2.75, 3.05) is 33.4 Å². The van der Waals surface area contributed by atoms with Crippen LogP contribution in [0.1, 0.15) is 49.8 Å². The van der Waals surface area contributed by atoms with Crippen LogP contribution in [-0.4, -0.2) is 102 Å². The SMILES string of the molecule is CCCCN1C/C=C\CCC(=O)N[C@H](COC)[C@@H](c2ccccc2)OC(=O)[C@@H]2[C@H]3O[C@@]4(C=C3Br)[C@H](C1=O)N([C@@H](CO)Cc1ccccc1)C(=O)[C@@H]24. The third-order valence-corrected chi connectivity index (χ3v) is 11.0. The number of esters is 1. The van der Waals surface area contributed by atoms with E-state index in [-0.39, 0.29) is 31.4 Å². The first-order chi connectivity index (χ1) is 24.7. The topological polar surface area (TPSA) is 135 Å². The molecule has 11 nitrogen and oxygen atoms in total. The Morgan fingerprint density at radius 1 is 1.02 bits per heavy atom. The highest BCUT2D eigenvalue weighted by Crippen LogP contribution is 2.59. The zero-order valence-corrected chi connectivity index (χ0v) is 30.6. The molecule has 0 radical (unpaired) electrons. The van der Waals surface area contributed by atoms with Crippen molar-refractivity contribution >= 4 is 39.6 Å². The van der Waals surface area contributed by atoms with Gasteiger partial charge in [-0.1, -0.05) is 102 Å². The molecule has 2 aromatic carbocycles. The van der Waals surface area contributed by atoms with Gasteiger partial charge in [0.25, 0.3) is 0 Å². The fraction of sp³-hybridized carbons (Fsp3) is 0.487. The van der Waals surface area contributed by atoms with E-state index in [1.54, 1.807) is 11.0 Å². The fourth-order valence-electron chi connectivity index (χ4n) is 7.98. The number of unbranched alkanes of at least 4 members (excludes halogenated alkanes) is 1. The van der Waals surface area contributed by atoms with Crippen molar-refractivity contribution < 1.29 is 38.5 Å². The number of carbonyl (C=O) groups excluding carboxylic acids is 4. The lowest BCUT2D eigenvalue weighted by Crippen LogP contribution is -2.59. The van der Waals surface area contributed by atoms with Crippen LogP contribution < -0.4 is 5.32 Å². The number of hydrogen-bond donors (Lipinski definition) is 2. The van der Waals surface area contributed by atoms with Crippen LogP contribution in [0, 0.1) is 11.8 Å². The molecule has 2 fully saturated rings. The summed E-state index contributed by atoms with van der Waals surface area (Å²) in [5.74, 6) is -3.92. The van der Waals surface area contributed by atoms with Crippen molar-refractivity contribution in [3.05, 3.63) is 94.5 Å². The number of hydrogen-bond acceptors (Lipinski definition) is 8. The number of rotatable bonds is 10. The molecular weight excluding hydrogens is 718 g/mol. The first kappa shape index (κ1) is 36.9. The van der Waals surface area contributed by atoms with Gasteiger partial charge in [0.1, 0.15) is 29.8 Å². The fourth-order valence-corrected chi connectivity index (χ4v) is 8.71. The van der Waals surface area contributed by atoms with E-state index < -0.39 is 66.3 Å². The Balaban J connectivity index is 1.47. The van der Waals surface area contributed by atoms with E-state index in [1.165, 1.54) is 12.0 Å². The molecular formula is C39H46BrN3O8. The van der Waals surface area contributed by atoms with Crippen LogP contribution in [0.5, 0.6) is 0 Å². The molecule has 6 rings (SSSR count). The number of nitrogens with zero attached hydrogens (tertiary/aromatic N) is 2. The van der Waals surface area contributed by atoms with Gasteiger partial charge in [-0.25, -0.2) is 0 Å². The summed E-state index contributed by atoms with van der Waals surface area (Å²) in [4.78, 5) is 60.8. The number of carbonyl (C=O) groups is 4. The lowest BCUT2D eigenvalue weighted by atomic mass is 9.74. The molecule has 4 aliphatic heterocycles. The number of likely N-dealkylation sites (tertiary alicyclic amines) is 1. The number of aliphatic hydroxyl groups is 1. The van der Waals surface area contributed by atoms with Crippen molar-refractivity contribution in [1.82, 2.24) is 15.1 Å². The first-order valence-corrected chi connectivity index (χ1v) is 18.5. The Kier molecular flexibility index (Phi) is 11.8. The minimum Gasteiger partial charge on any atom is -0.455 e. The number of halogens is 1. The molecule has 2 saturated heterocycles. The first-order valence-electron chi connectivity index (χ1n) is 17.7. The molecule has 0 saturated carbocycles. The lowest BCUT2D eigenvalue weighted by molar-refractivity contribution is -0.163. The number of methoxy groups -OCH3 is 1.